The Morgan fingerprint density at radius 1 is 1.03 bits per heavy atom. The van der Waals surface area contributed by atoms with Gasteiger partial charge in [0.1, 0.15) is 19.0 Å². The number of carbonyl (C=O) groups is 2. The third kappa shape index (κ3) is 4.97. The van der Waals surface area contributed by atoms with Gasteiger partial charge >= 0.3 is 5.97 Å². The maximum absolute atomic E-state index is 13.0. The summed E-state index contributed by atoms with van der Waals surface area (Å²) >= 11 is 1.55. The molecule has 0 aliphatic carbocycles. The summed E-state index contributed by atoms with van der Waals surface area (Å²) in [4.78, 5) is 28.7. The molecule has 0 spiro atoms. The Labute approximate surface area is 186 Å². The van der Waals surface area contributed by atoms with E-state index in [2.05, 4.69) is 0 Å². The summed E-state index contributed by atoms with van der Waals surface area (Å²) in [5.41, 5.74) is 1.93. The molecule has 1 amide bonds. The van der Waals surface area contributed by atoms with Crippen LogP contribution in [0.1, 0.15) is 29.3 Å². The van der Waals surface area contributed by atoms with E-state index >= 15 is 0 Å². The highest BCUT2D eigenvalue weighted by molar-refractivity contribution is 7.10. The summed E-state index contributed by atoms with van der Waals surface area (Å²) < 4.78 is 11.2. The minimum atomic E-state index is -0.422. The van der Waals surface area contributed by atoms with Crippen molar-refractivity contribution < 1.29 is 19.1 Å². The second-order valence-corrected chi connectivity index (χ2v) is 8.51. The Morgan fingerprint density at radius 2 is 1.81 bits per heavy atom. The van der Waals surface area contributed by atoms with Crippen molar-refractivity contribution in [2.45, 2.75) is 25.8 Å². The zero-order valence-electron chi connectivity index (χ0n) is 17.4. The van der Waals surface area contributed by atoms with Crippen molar-refractivity contribution in [3.8, 4) is 5.75 Å². The van der Waals surface area contributed by atoms with E-state index in [1.165, 1.54) is 0 Å². The topological polar surface area (TPSA) is 55.8 Å². The number of esters is 1. The summed E-state index contributed by atoms with van der Waals surface area (Å²) in [6, 6.07) is 20.8. The molecule has 4 rings (SSSR count). The fourth-order valence-electron chi connectivity index (χ4n) is 3.86. The summed E-state index contributed by atoms with van der Waals surface area (Å²) in [6.45, 7) is 2.46. The smallest absolute Gasteiger partial charge is 0.311 e. The van der Waals surface area contributed by atoms with Crippen LogP contribution in [0.15, 0.2) is 72.1 Å². The van der Waals surface area contributed by atoms with Gasteiger partial charge in [-0.15, -0.1) is 11.3 Å². The predicted octanol–water partition coefficient (Wildman–Crippen LogP) is 5.16. The number of anilines is 1. The first-order valence-electron chi connectivity index (χ1n) is 10.4. The molecular formula is C25H25NO4S. The van der Waals surface area contributed by atoms with Gasteiger partial charge in [0.25, 0.3) is 0 Å². The third-order valence-corrected chi connectivity index (χ3v) is 6.33. The molecule has 2 heterocycles. The van der Waals surface area contributed by atoms with Crippen LogP contribution >= 0.6 is 11.3 Å². The van der Waals surface area contributed by atoms with Crippen LogP contribution in [0, 0.1) is 12.8 Å². The number of para-hydroxylation sites is 1. The molecule has 3 aromatic rings. The Kier molecular flexibility index (Phi) is 6.67. The Morgan fingerprint density at radius 3 is 2.52 bits per heavy atom. The SMILES string of the molecule is Cc1ccc(N2C(=O)CC[C@@H](C(=O)OCCOc3ccccc3)[C@H]2c2cccs2)cc1. The minimum absolute atomic E-state index is 0.0266. The molecule has 0 bridgehead atoms. The number of ether oxygens (including phenoxy) is 2. The molecule has 0 radical (unpaired) electrons. The van der Waals surface area contributed by atoms with Crippen molar-refractivity contribution in [1.82, 2.24) is 0 Å². The van der Waals surface area contributed by atoms with Crippen molar-refractivity contribution in [3.05, 3.63) is 82.6 Å². The summed E-state index contributed by atoms with van der Waals surface area (Å²) in [5, 5.41) is 1.97. The normalized spacial score (nSPS) is 18.6. The molecule has 1 aliphatic heterocycles. The van der Waals surface area contributed by atoms with Gasteiger partial charge in [0.2, 0.25) is 5.91 Å². The first-order valence-corrected chi connectivity index (χ1v) is 11.3. The number of nitrogens with zero attached hydrogens (tertiary/aromatic N) is 1. The average Bonchev–Trinajstić information content (AvgIpc) is 3.32. The first-order chi connectivity index (χ1) is 15.1. The number of thiophene rings is 1. The van der Waals surface area contributed by atoms with Crippen LogP contribution in [0.4, 0.5) is 5.69 Å². The van der Waals surface area contributed by atoms with Gasteiger partial charge < -0.3 is 14.4 Å². The van der Waals surface area contributed by atoms with E-state index in [0.717, 1.165) is 21.9 Å². The van der Waals surface area contributed by atoms with E-state index in [9.17, 15) is 9.59 Å². The third-order valence-electron chi connectivity index (χ3n) is 5.39. The van der Waals surface area contributed by atoms with Gasteiger partial charge in [-0.25, -0.2) is 0 Å². The zero-order valence-corrected chi connectivity index (χ0v) is 18.2. The Balaban J connectivity index is 1.49. The number of amides is 1. The molecule has 0 N–H and O–H groups in total. The van der Waals surface area contributed by atoms with Crippen molar-refractivity contribution in [1.29, 1.82) is 0 Å². The molecule has 2 aromatic carbocycles. The first kappa shape index (κ1) is 21.1. The van der Waals surface area contributed by atoms with Crippen LogP contribution in [0.2, 0.25) is 0 Å². The Bertz CT molecular complexity index is 1000. The molecule has 0 saturated carbocycles. The van der Waals surface area contributed by atoms with Gasteiger partial charge in [-0.05, 0) is 49.1 Å². The van der Waals surface area contributed by atoms with Crippen molar-refractivity contribution in [2.75, 3.05) is 18.1 Å². The highest BCUT2D eigenvalue weighted by Crippen LogP contribution is 2.42. The van der Waals surface area contributed by atoms with Crippen LogP contribution in [0.5, 0.6) is 5.75 Å². The van der Waals surface area contributed by atoms with Crippen molar-refractivity contribution >= 4 is 28.9 Å². The second kappa shape index (κ2) is 9.79. The summed E-state index contributed by atoms with van der Waals surface area (Å²) in [6.07, 6.45) is 0.790. The molecule has 160 valence electrons. The van der Waals surface area contributed by atoms with Crippen molar-refractivity contribution in [2.24, 2.45) is 5.92 Å². The minimum Gasteiger partial charge on any atom is -0.490 e. The lowest BCUT2D eigenvalue weighted by Gasteiger charge is -2.39. The lowest BCUT2D eigenvalue weighted by atomic mass is 9.87. The van der Waals surface area contributed by atoms with Gasteiger partial charge in [0.15, 0.2) is 0 Å². The fraction of sp³-hybridized carbons (Fsp3) is 0.280. The largest absolute Gasteiger partial charge is 0.490 e. The summed E-state index contributed by atoms with van der Waals surface area (Å²) in [7, 11) is 0. The predicted molar refractivity (Wildman–Crippen MR) is 121 cm³/mol. The lowest BCUT2D eigenvalue weighted by Crippen LogP contribution is -2.45. The van der Waals surface area contributed by atoms with Crippen LogP contribution in [-0.4, -0.2) is 25.1 Å². The van der Waals surface area contributed by atoms with Gasteiger partial charge in [0, 0.05) is 17.0 Å². The van der Waals surface area contributed by atoms with Gasteiger partial charge in [-0.3, -0.25) is 9.59 Å². The number of aryl methyl sites for hydroxylation is 1. The molecule has 1 saturated heterocycles. The molecule has 0 unspecified atom stereocenters. The van der Waals surface area contributed by atoms with E-state index in [-0.39, 0.29) is 31.1 Å². The van der Waals surface area contributed by atoms with Crippen LogP contribution in [0.3, 0.4) is 0 Å². The molecule has 5 nitrogen and oxygen atoms in total. The Hall–Kier alpha value is -3.12. The average molecular weight is 436 g/mol. The number of hydrogen-bond donors (Lipinski definition) is 0. The monoisotopic (exact) mass is 435 g/mol. The number of carbonyl (C=O) groups excluding carboxylic acids is 2. The van der Waals surface area contributed by atoms with E-state index < -0.39 is 5.92 Å². The standard InChI is InChI=1S/C25H25NO4S/c1-18-9-11-19(12-10-18)26-23(27)14-13-21(24(26)22-8-5-17-31-22)25(28)30-16-15-29-20-6-3-2-4-7-20/h2-12,17,21,24H,13-16H2,1H3/t21-,24+/m1/s1. The van der Waals surface area contributed by atoms with Crippen LogP contribution in [-0.2, 0) is 14.3 Å². The van der Waals surface area contributed by atoms with Crippen LogP contribution in [0.25, 0.3) is 0 Å². The quantitative estimate of drug-likeness (QED) is 0.380. The summed E-state index contributed by atoms with van der Waals surface area (Å²) in [5.74, 6) is 0.0524. The van der Waals surface area contributed by atoms with Gasteiger partial charge in [-0.2, -0.15) is 0 Å². The van der Waals surface area contributed by atoms with Crippen molar-refractivity contribution in [3.63, 3.8) is 0 Å². The highest BCUT2D eigenvalue weighted by atomic mass is 32.1. The molecule has 1 aromatic heterocycles. The molecule has 31 heavy (non-hydrogen) atoms. The van der Waals surface area contributed by atoms with E-state index in [1.807, 2.05) is 79.0 Å². The maximum Gasteiger partial charge on any atom is 0.311 e. The molecule has 6 heteroatoms. The van der Waals surface area contributed by atoms with E-state index in [1.54, 1.807) is 16.2 Å². The van der Waals surface area contributed by atoms with Gasteiger partial charge in [0.05, 0.1) is 12.0 Å². The van der Waals surface area contributed by atoms with Crippen LogP contribution < -0.4 is 9.64 Å². The zero-order chi connectivity index (χ0) is 21.6. The highest BCUT2D eigenvalue weighted by Gasteiger charge is 2.42. The van der Waals surface area contributed by atoms with E-state index in [4.69, 9.17) is 9.47 Å². The molecule has 1 aliphatic rings. The fourth-order valence-corrected chi connectivity index (χ4v) is 4.74. The number of rotatable bonds is 7. The van der Waals surface area contributed by atoms with E-state index in [0.29, 0.717) is 12.8 Å². The van der Waals surface area contributed by atoms with Gasteiger partial charge in [-0.1, -0.05) is 42.0 Å². The molecular weight excluding hydrogens is 410 g/mol. The molecule has 2 atom stereocenters. The molecule has 1 fully saturated rings. The maximum atomic E-state index is 13.0. The number of hydrogen-bond acceptors (Lipinski definition) is 5. The number of piperidine rings is 1. The number of benzene rings is 2. The lowest BCUT2D eigenvalue weighted by molar-refractivity contribution is -0.151. The second-order valence-electron chi connectivity index (χ2n) is 7.53.